The summed E-state index contributed by atoms with van der Waals surface area (Å²) in [6.45, 7) is 2.11. The molecule has 0 spiro atoms. The summed E-state index contributed by atoms with van der Waals surface area (Å²) in [4.78, 5) is 0. The molecule has 0 aliphatic rings. The zero-order valence-electron chi connectivity index (χ0n) is 6.45. The molecule has 2 nitrogen and oxygen atoms in total. The molecule has 2 N–H and O–H groups in total. The van der Waals surface area contributed by atoms with Gasteiger partial charge in [0.25, 0.3) is 0 Å². The highest BCUT2D eigenvalue weighted by Gasteiger charge is 1.96. The number of rotatable bonds is 5. The lowest BCUT2D eigenvalue weighted by Crippen LogP contribution is -2.01. The molecule has 0 aromatic heterocycles. The molecule has 0 heterocycles. The van der Waals surface area contributed by atoms with Gasteiger partial charge in [0.05, 0.1) is 6.10 Å². The topological polar surface area (TPSA) is 40.5 Å². The van der Waals surface area contributed by atoms with E-state index in [-0.39, 0.29) is 12.7 Å². The van der Waals surface area contributed by atoms with E-state index in [1.165, 1.54) is 0 Å². The number of allylic oxidation sites excluding steroid dienone is 1. The molecular formula is C8H16O2. The smallest absolute Gasteiger partial charge is 0.0720 e. The van der Waals surface area contributed by atoms with E-state index in [9.17, 15) is 0 Å². The van der Waals surface area contributed by atoms with Gasteiger partial charge in [-0.2, -0.15) is 0 Å². The molecule has 0 aromatic rings. The number of hydrogen-bond acceptors (Lipinski definition) is 2. The van der Waals surface area contributed by atoms with Crippen LogP contribution in [0.2, 0.25) is 0 Å². The Morgan fingerprint density at radius 1 is 1.40 bits per heavy atom. The predicted octanol–water partition coefficient (Wildman–Crippen LogP) is 1.09. The van der Waals surface area contributed by atoms with E-state index in [0.29, 0.717) is 0 Å². The molecule has 0 rings (SSSR count). The van der Waals surface area contributed by atoms with Crippen LogP contribution in [-0.2, 0) is 0 Å². The minimum atomic E-state index is -0.323. The van der Waals surface area contributed by atoms with Gasteiger partial charge in [-0.05, 0) is 26.2 Å². The van der Waals surface area contributed by atoms with Crippen LogP contribution in [0.1, 0.15) is 26.2 Å². The molecule has 0 saturated heterocycles. The van der Waals surface area contributed by atoms with Gasteiger partial charge in [-0.1, -0.05) is 12.2 Å². The summed E-state index contributed by atoms with van der Waals surface area (Å²) < 4.78 is 0. The summed E-state index contributed by atoms with van der Waals surface area (Å²) in [5, 5.41) is 17.5. The molecule has 10 heavy (non-hydrogen) atoms. The first-order valence-corrected chi connectivity index (χ1v) is 3.73. The fourth-order valence-corrected chi connectivity index (χ4v) is 0.784. The Balaban J connectivity index is 3.13. The molecule has 0 fully saturated rings. The third-order valence-corrected chi connectivity index (χ3v) is 1.32. The van der Waals surface area contributed by atoms with Crippen molar-refractivity contribution in [3.8, 4) is 0 Å². The van der Waals surface area contributed by atoms with Crippen molar-refractivity contribution >= 4 is 0 Å². The number of hydrogen-bond donors (Lipinski definition) is 2. The van der Waals surface area contributed by atoms with Gasteiger partial charge in [-0.25, -0.2) is 0 Å². The van der Waals surface area contributed by atoms with Crippen LogP contribution in [0.25, 0.3) is 0 Å². The first-order valence-electron chi connectivity index (χ1n) is 3.73. The van der Waals surface area contributed by atoms with Crippen molar-refractivity contribution in [3.63, 3.8) is 0 Å². The van der Waals surface area contributed by atoms with Crippen LogP contribution in [0.5, 0.6) is 0 Å². The average Bonchev–Trinajstić information content (AvgIpc) is 1.89. The molecule has 2 heteroatoms. The van der Waals surface area contributed by atoms with Crippen molar-refractivity contribution in [1.82, 2.24) is 0 Å². The number of unbranched alkanes of at least 4 members (excludes halogenated alkanes) is 1. The van der Waals surface area contributed by atoms with Crippen LogP contribution in [0.3, 0.4) is 0 Å². The lowest BCUT2D eigenvalue weighted by molar-refractivity contribution is 0.201. The molecule has 1 atom stereocenters. The molecule has 1 unspecified atom stereocenters. The molecule has 0 aromatic carbocycles. The van der Waals surface area contributed by atoms with Crippen molar-refractivity contribution in [1.29, 1.82) is 0 Å². The third kappa shape index (κ3) is 5.79. The van der Waals surface area contributed by atoms with Crippen LogP contribution in [0.4, 0.5) is 0 Å². The maximum Gasteiger partial charge on any atom is 0.0720 e. The van der Waals surface area contributed by atoms with Gasteiger partial charge in [-0.15, -0.1) is 0 Å². The van der Waals surface area contributed by atoms with Crippen LogP contribution in [0, 0.1) is 0 Å². The first kappa shape index (κ1) is 9.66. The molecule has 0 aliphatic heterocycles. The molecule has 0 saturated carbocycles. The van der Waals surface area contributed by atoms with Gasteiger partial charge in [0.15, 0.2) is 0 Å². The van der Waals surface area contributed by atoms with Gasteiger partial charge < -0.3 is 10.2 Å². The minimum Gasteiger partial charge on any atom is -0.396 e. The van der Waals surface area contributed by atoms with E-state index >= 15 is 0 Å². The second-order valence-corrected chi connectivity index (χ2v) is 2.31. The Labute approximate surface area is 62.2 Å². The normalized spacial score (nSPS) is 14.3. The standard InChI is InChI=1S/C8H16O2/c1-2-5-8(10)6-3-4-7-9/h2,5,8-10H,3-4,6-7H2,1H3/b5-2+. The maximum absolute atomic E-state index is 9.11. The van der Waals surface area contributed by atoms with Crippen molar-refractivity contribution in [3.05, 3.63) is 12.2 Å². The van der Waals surface area contributed by atoms with Gasteiger partial charge >= 0.3 is 0 Å². The van der Waals surface area contributed by atoms with Crippen molar-refractivity contribution in [2.75, 3.05) is 6.61 Å². The van der Waals surface area contributed by atoms with Crippen LogP contribution < -0.4 is 0 Å². The summed E-state index contributed by atoms with van der Waals surface area (Å²) in [5.41, 5.74) is 0. The fourth-order valence-electron chi connectivity index (χ4n) is 0.784. The highest BCUT2D eigenvalue weighted by molar-refractivity contribution is 4.84. The number of aliphatic hydroxyl groups excluding tert-OH is 2. The Hall–Kier alpha value is -0.340. The highest BCUT2D eigenvalue weighted by Crippen LogP contribution is 2.00. The van der Waals surface area contributed by atoms with E-state index in [4.69, 9.17) is 10.2 Å². The van der Waals surface area contributed by atoms with E-state index in [2.05, 4.69) is 0 Å². The Bertz CT molecular complexity index is 89.3. The Morgan fingerprint density at radius 2 is 2.10 bits per heavy atom. The number of aliphatic hydroxyl groups is 2. The zero-order chi connectivity index (χ0) is 7.82. The van der Waals surface area contributed by atoms with Crippen molar-refractivity contribution < 1.29 is 10.2 Å². The minimum absolute atomic E-state index is 0.225. The van der Waals surface area contributed by atoms with E-state index in [1.54, 1.807) is 6.08 Å². The Kier molecular flexibility index (Phi) is 6.55. The largest absolute Gasteiger partial charge is 0.396 e. The monoisotopic (exact) mass is 144 g/mol. The second kappa shape index (κ2) is 6.78. The summed E-state index contributed by atoms with van der Waals surface area (Å²) in [6, 6.07) is 0. The lowest BCUT2D eigenvalue weighted by Gasteiger charge is -2.02. The van der Waals surface area contributed by atoms with Crippen molar-refractivity contribution in [2.24, 2.45) is 0 Å². The van der Waals surface area contributed by atoms with Crippen LogP contribution in [0.15, 0.2) is 12.2 Å². The summed E-state index contributed by atoms with van der Waals surface area (Å²) in [6.07, 6.45) is 5.71. The first-order chi connectivity index (χ1) is 4.81. The van der Waals surface area contributed by atoms with Gasteiger partial charge in [0, 0.05) is 6.61 Å². The van der Waals surface area contributed by atoms with E-state index in [0.717, 1.165) is 19.3 Å². The fraction of sp³-hybridized carbons (Fsp3) is 0.750. The Morgan fingerprint density at radius 3 is 2.60 bits per heavy atom. The zero-order valence-corrected chi connectivity index (χ0v) is 6.45. The SMILES string of the molecule is C/C=C/C(O)CCCCO. The van der Waals surface area contributed by atoms with E-state index < -0.39 is 0 Å². The summed E-state index contributed by atoms with van der Waals surface area (Å²) in [7, 11) is 0. The summed E-state index contributed by atoms with van der Waals surface area (Å²) in [5.74, 6) is 0. The summed E-state index contributed by atoms with van der Waals surface area (Å²) >= 11 is 0. The van der Waals surface area contributed by atoms with Crippen LogP contribution in [-0.4, -0.2) is 22.9 Å². The molecule has 0 amide bonds. The quantitative estimate of drug-likeness (QED) is 0.448. The average molecular weight is 144 g/mol. The lowest BCUT2D eigenvalue weighted by atomic mass is 10.1. The highest BCUT2D eigenvalue weighted by atomic mass is 16.3. The predicted molar refractivity (Wildman–Crippen MR) is 41.8 cm³/mol. The molecule has 0 aliphatic carbocycles. The molecular weight excluding hydrogens is 128 g/mol. The van der Waals surface area contributed by atoms with Gasteiger partial charge in [0.1, 0.15) is 0 Å². The molecule has 60 valence electrons. The second-order valence-electron chi connectivity index (χ2n) is 2.31. The van der Waals surface area contributed by atoms with E-state index in [1.807, 2.05) is 13.0 Å². The van der Waals surface area contributed by atoms with Crippen molar-refractivity contribution in [2.45, 2.75) is 32.3 Å². The molecule has 0 radical (unpaired) electrons. The molecule has 0 bridgehead atoms. The van der Waals surface area contributed by atoms with Gasteiger partial charge in [-0.3, -0.25) is 0 Å². The van der Waals surface area contributed by atoms with Gasteiger partial charge in [0.2, 0.25) is 0 Å². The third-order valence-electron chi connectivity index (χ3n) is 1.32. The maximum atomic E-state index is 9.11. The van der Waals surface area contributed by atoms with Crippen LogP contribution >= 0.6 is 0 Å².